The Hall–Kier alpha value is -2.10. The maximum absolute atomic E-state index is 12.2. The molecule has 1 unspecified atom stereocenters. The van der Waals surface area contributed by atoms with E-state index in [1.54, 1.807) is 13.8 Å². The van der Waals surface area contributed by atoms with Gasteiger partial charge in [-0.15, -0.1) is 0 Å². The molecule has 0 N–H and O–H groups in total. The Balaban J connectivity index is 3.18. The van der Waals surface area contributed by atoms with Crippen LogP contribution in [0.15, 0.2) is 0 Å². The van der Waals surface area contributed by atoms with Crippen molar-refractivity contribution in [2.75, 3.05) is 19.8 Å². The first-order valence-corrected chi connectivity index (χ1v) is 6.39. The van der Waals surface area contributed by atoms with E-state index in [1.807, 2.05) is 6.07 Å². The molecular weight excluding hydrogens is 266 g/mol. The van der Waals surface area contributed by atoms with Gasteiger partial charge in [0, 0.05) is 5.92 Å². The molecule has 7 nitrogen and oxygen atoms in total. The molecule has 0 aromatic heterocycles. The zero-order valence-electron chi connectivity index (χ0n) is 11.5. The van der Waals surface area contributed by atoms with E-state index in [0.29, 0.717) is 0 Å². The van der Waals surface area contributed by atoms with Gasteiger partial charge < -0.3 is 14.2 Å². The van der Waals surface area contributed by atoms with Gasteiger partial charge in [0.15, 0.2) is 5.41 Å². The molecule has 1 atom stereocenters. The number of carbonyl (C=O) groups is 3. The Morgan fingerprint density at radius 2 is 1.90 bits per heavy atom. The van der Waals surface area contributed by atoms with Crippen molar-refractivity contribution < 1.29 is 28.6 Å². The minimum absolute atomic E-state index is 0.0624. The zero-order valence-corrected chi connectivity index (χ0v) is 11.5. The Kier molecular flexibility index (Phi) is 5.50. The van der Waals surface area contributed by atoms with Crippen molar-refractivity contribution >= 4 is 17.9 Å². The first-order chi connectivity index (χ1) is 9.52. The number of ether oxygens (including phenoxy) is 3. The van der Waals surface area contributed by atoms with Crippen molar-refractivity contribution in [3.05, 3.63) is 0 Å². The van der Waals surface area contributed by atoms with Crippen molar-refractivity contribution in [1.82, 2.24) is 0 Å². The molecule has 7 heteroatoms. The summed E-state index contributed by atoms with van der Waals surface area (Å²) in [5.74, 6) is -2.94. The van der Waals surface area contributed by atoms with Crippen LogP contribution in [0.25, 0.3) is 0 Å². The molecule has 0 radical (unpaired) electrons. The highest BCUT2D eigenvalue weighted by Gasteiger charge is 2.57. The van der Waals surface area contributed by atoms with Crippen LogP contribution in [-0.2, 0) is 28.6 Å². The molecule has 1 heterocycles. The second-order valence-electron chi connectivity index (χ2n) is 4.33. The lowest BCUT2D eigenvalue weighted by atomic mass is 9.72. The fourth-order valence-corrected chi connectivity index (χ4v) is 2.18. The maximum atomic E-state index is 12.2. The lowest BCUT2D eigenvalue weighted by Crippen LogP contribution is -2.48. The van der Waals surface area contributed by atoms with Gasteiger partial charge in [0.25, 0.3) is 0 Å². The zero-order chi connectivity index (χ0) is 15.2. The van der Waals surface area contributed by atoms with Crippen LogP contribution >= 0.6 is 0 Å². The number of nitriles is 1. The van der Waals surface area contributed by atoms with E-state index in [0.717, 1.165) is 0 Å². The van der Waals surface area contributed by atoms with Crippen LogP contribution < -0.4 is 0 Å². The van der Waals surface area contributed by atoms with Crippen LogP contribution in [0.3, 0.4) is 0 Å². The highest BCUT2D eigenvalue weighted by molar-refractivity contribution is 6.01. The van der Waals surface area contributed by atoms with Crippen molar-refractivity contribution in [3.63, 3.8) is 0 Å². The first-order valence-electron chi connectivity index (χ1n) is 6.39. The normalized spacial score (nSPS) is 18.1. The summed E-state index contributed by atoms with van der Waals surface area (Å²) >= 11 is 0. The summed E-state index contributed by atoms with van der Waals surface area (Å²) in [6, 6.07) is 1.81. The van der Waals surface area contributed by atoms with Gasteiger partial charge in [-0.1, -0.05) is 0 Å². The average molecular weight is 283 g/mol. The van der Waals surface area contributed by atoms with E-state index in [2.05, 4.69) is 0 Å². The minimum Gasteiger partial charge on any atom is -0.465 e. The van der Waals surface area contributed by atoms with Gasteiger partial charge in [0.1, 0.15) is 0 Å². The number of nitrogens with zero attached hydrogens (tertiary/aromatic N) is 1. The summed E-state index contributed by atoms with van der Waals surface area (Å²) in [6.45, 7) is 3.21. The quantitative estimate of drug-likeness (QED) is 0.399. The molecule has 1 aliphatic heterocycles. The second kappa shape index (κ2) is 6.89. The fraction of sp³-hybridized carbons (Fsp3) is 0.692. The van der Waals surface area contributed by atoms with E-state index in [4.69, 9.17) is 19.5 Å². The molecule has 0 aromatic rings. The number of cyclic esters (lactones) is 1. The molecular formula is C13H17NO6. The standard InChI is InChI=1S/C13H17NO6/c1-3-18-11(16)13(5-6-14,12(17)19-4-2)9-7-10(15)20-8-9/h9H,3-5,7-8H2,1-2H3. The van der Waals surface area contributed by atoms with Crippen molar-refractivity contribution in [3.8, 4) is 6.07 Å². The van der Waals surface area contributed by atoms with E-state index in [9.17, 15) is 14.4 Å². The molecule has 0 aliphatic carbocycles. The Morgan fingerprint density at radius 3 is 2.25 bits per heavy atom. The Labute approximate surface area is 116 Å². The van der Waals surface area contributed by atoms with E-state index < -0.39 is 35.7 Å². The van der Waals surface area contributed by atoms with Crippen molar-refractivity contribution in [2.24, 2.45) is 11.3 Å². The van der Waals surface area contributed by atoms with Gasteiger partial charge in [-0.3, -0.25) is 14.4 Å². The predicted octanol–water partition coefficient (Wildman–Crippen LogP) is 0.576. The molecule has 1 aliphatic rings. The Bertz CT molecular complexity index is 421. The number of rotatable bonds is 6. The van der Waals surface area contributed by atoms with Gasteiger partial charge in [-0.05, 0) is 13.8 Å². The lowest BCUT2D eigenvalue weighted by molar-refractivity contribution is -0.176. The van der Waals surface area contributed by atoms with E-state index in [-0.39, 0.29) is 26.2 Å². The third-order valence-corrected chi connectivity index (χ3v) is 3.19. The number of hydrogen-bond donors (Lipinski definition) is 0. The molecule has 0 amide bonds. The summed E-state index contributed by atoms with van der Waals surface area (Å²) in [5, 5.41) is 8.97. The summed E-state index contributed by atoms with van der Waals surface area (Å²) in [7, 11) is 0. The van der Waals surface area contributed by atoms with Gasteiger partial charge in [0.2, 0.25) is 0 Å². The monoisotopic (exact) mass is 283 g/mol. The Morgan fingerprint density at radius 1 is 1.35 bits per heavy atom. The number of esters is 3. The highest BCUT2D eigenvalue weighted by atomic mass is 16.6. The largest absolute Gasteiger partial charge is 0.465 e. The van der Waals surface area contributed by atoms with Crippen molar-refractivity contribution in [2.45, 2.75) is 26.7 Å². The molecule has 0 bridgehead atoms. The van der Waals surface area contributed by atoms with Gasteiger partial charge in [-0.25, -0.2) is 0 Å². The summed E-state index contributed by atoms with van der Waals surface area (Å²) in [6.07, 6.45) is -0.523. The van der Waals surface area contributed by atoms with E-state index >= 15 is 0 Å². The van der Waals surface area contributed by atoms with Crippen LogP contribution in [0.4, 0.5) is 0 Å². The molecule has 0 spiro atoms. The maximum Gasteiger partial charge on any atom is 0.325 e. The van der Waals surface area contributed by atoms with Gasteiger partial charge in [-0.2, -0.15) is 5.26 Å². The second-order valence-corrected chi connectivity index (χ2v) is 4.33. The lowest BCUT2D eigenvalue weighted by Gasteiger charge is -2.30. The first kappa shape index (κ1) is 16.0. The van der Waals surface area contributed by atoms with Gasteiger partial charge >= 0.3 is 17.9 Å². The molecule has 1 saturated heterocycles. The summed E-state index contributed by atoms with van der Waals surface area (Å²) in [4.78, 5) is 35.7. The van der Waals surface area contributed by atoms with Crippen LogP contribution in [0.2, 0.25) is 0 Å². The summed E-state index contributed by atoms with van der Waals surface area (Å²) < 4.78 is 14.6. The van der Waals surface area contributed by atoms with Gasteiger partial charge in [0.05, 0.1) is 38.7 Å². The molecule has 0 saturated carbocycles. The third-order valence-electron chi connectivity index (χ3n) is 3.19. The summed E-state index contributed by atoms with van der Waals surface area (Å²) in [5.41, 5.74) is -1.80. The molecule has 1 rings (SSSR count). The van der Waals surface area contributed by atoms with Crippen LogP contribution in [0, 0.1) is 22.7 Å². The molecule has 110 valence electrons. The molecule has 20 heavy (non-hydrogen) atoms. The van der Waals surface area contributed by atoms with Crippen molar-refractivity contribution in [1.29, 1.82) is 5.26 Å². The minimum atomic E-state index is -1.80. The highest BCUT2D eigenvalue weighted by Crippen LogP contribution is 2.40. The van der Waals surface area contributed by atoms with Crippen LogP contribution in [0.1, 0.15) is 26.7 Å². The number of carbonyl (C=O) groups excluding carboxylic acids is 3. The van der Waals surface area contributed by atoms with Crippen LogP contribution in [0.5, 0.6) is 0 Å². The smallest absolute Gasteiger partial charge is 0.325 e. The number of hydrogen-bond acceptors (Lipinski definition) is 7. The predicted molar refractivity (Wildman–Crippen MR) is 65.0 cm³/mol. The van der Waals surface area contributed by atoms with Crippen LogP contribution in [-0.4, -0.2) is 37.7 Å². The molecule has 1 fully saturated rings. The topological polar surface area (TPSA) is 103 Å². The average Bonchev–Trinajstić information content (AvgIpc) is 2.83. The third kappa shape index (κ3) is 2.90. The molecule has 0 aromatic carbocycles. The SMILES string of the molecule is CCOC(=O)C(CC#N)(C(=O)OCC)C1COC(=O)C1. The fourth-order valence-electron chi connectivity index (χ4n) is 2.18. The van der Waals surface area contributed by atoms with E-state index in [1.165, 1.54) is 0 Å².